The van der Waals surface area contributed by atoms with Crippen LogP contribution in [0.15, 0.2) is 36.4 Å². The van der Waals surface area contributed by atoms with Crippen molar-refractivity contribution in [2.24, 2.45) is 0 Å². The minimum Gasteiger partial charge on any atom is -0.488 e. The second-order valence-corrected chi connectivity index (χ2v) is 4.58. The minimum absolute atomic E-state index is 0.0114. The van der Waals surface area contributed by atoms with Crippen LogP contribution in [-0.2, 0) is 6.61 Å². The molecular weight excluding hydrogens is 286 g/mol. The van der Waals surface area contributed by atoms with Gasteiger partial charge < -0.3 is 4.74 Å². The number of benzene rings is 2. The van der Waals surface area contributed by atoms with E-state index in [1.807, 2.05) is 0 Å². The topological polar surface area (TPSA) is 26.3 Å². The Labute approximate surface area is 119 Å². The zero-order valence-electron chi connectivity index (χ0n) is 10.6. The van der Waals surface area contributed by atoms with E-state index in [0.29, 0.717) is 5.56 Å². The number of Topliss-reactive ketones (excluding diaryl/α,β-unsaturated/α-hetero) is 1. The molecule has 2 nitrogen and oxygen atoms in total. The van der Waals surface area contributed by atoms with Crippen molar-refractivity contribution in [1.82, 2.24) is 0 Å². The van der Waals surface area contributed by atoms with E-state index in [2.05, 4.69) is 0 Å². The van der Waals surface area contributed by atoms with E-state index in [9.17, 15) is 13.6 Å². The van der Waals surface area contributed by atoms with Crippen LogP contribution in [-0.4, -0.2) is 5.78 Å². The van der Waals surface area contributed by atoms with E-state index >= 15 is 0 Å². The lowest BCUT2D eigenvalue weighted by Crippen LogP contribution is -2.03. The summed E-state index contributed by atoms with van der Waals surface area (Å²) in [6, 6.07) is 8.02. The number of carbonyl (C=O) groups is 1. The van der Waals surface area contributed by atoms with Crippen LogP contribution in [0, 0.1) is 11.6 Å². The van der Waals surface area contributed by atoms with Crippen LogP contribution in [0.5, 0.6) is 5.75 Å². The van der Waals surface area contributed by atoms with Crippen LogP contribution in [0.2, 0.25) is 5.02 Å². The van der Waals surface area contributed by atoms with E-state index < -0.39 is 11.6 Å². The van der Waals surface area contributed by atoms with E-state index in [1.165, 1.54) is 31.2 Å². The highest BCUT2D eigenvalue weighted by Crippen LogP contribution is 2.24. The summed E-state index contributed by atoms with van der Waals surface area (Å²) < 4.78 is 31.8. The average molecular weight is 297 g/mol. The van der Waals surface area contributed by atoms with Gasteiger partial charge in [0, 0.05) is 5.56 Å². The van der Waals surface area contributed by atoms with Gasteiger partial charge in [-0.2, -0.15) is 0 Å². The second-order valence-electron chi connectivity index (χ2n) is 4.20. The first-order valence-electron chi connectivity index (χ1n) is 5.85. The molecule has 0 bridgehead atoms. The van der Waals surface area contributed by atoms with E-state index in [-0.39, 0.29) is 28.7 Å². The van der Waals surface area contributed by atoms with Crippen molar-refractivity contribution < 1.29 is 18.3 Å². The van der Waals surface area contributed by atoms with Crippen LogP contribution in [0.25, 0.3) is 0 Å². The Bertz CT molecular complexity index is 656. The number of ether oxygens (including phenoxy) is 1. The first-order valence-corrected chi connectivity index (χ1v) is 6.23. The predicted octanol–water partition coefficient (Wildman–Crippen LogP) is 4.40. The molecule has 0 N–H and O–H groups in total. The molecule has 0 aliphatic carbocycles. The summed E-state index contributed by atoms with van der Waals surface area (Å²) >= 11 is 5.81. The Hall–Kier alpha value is -1.94. The monoisotopic (exact) mass is 296 g/mol. The van der Waals surface area contributed by atoms with Crippen molar-refractivity contribution in [2.75, 3.05) is 0 Å². The lowest BCUT2D eigenvalue weighted by molar-refractivity contribution is 0.101. The summed E-state index contributed by atoms with van der Waals surface area (Å²) in [4.78, 5) is 11.4. The number of carbonyl (C=O) groups excluding carboxylic acids is 1. The van der Waals surface area contributed by atoms with Crippen molar-refractivity contribution in [3.8, 4) is 5.75 Å². The van der Waals surface area contributed by atoms with Crippen LogP contribution >= 0.6 is 11.6 Å². The third-order valence-corrected chi connectivity index (χ3v) is 3.16. The Morgan fingerprint density at radius 3 is 2.70 bits per heavy atom. The minimum atomic E-state index is -0.543. The van der Waals surface area contributed by atoms with Crippen LogP contribution in [0.4, 0.5) is 8.78 Å². The molecule has 0 saturated carbocycles. The molecule has 5 heteroatoms. The molecule has 2 aromatic carbocycles. The normalized spacial score (nSPS) is 10.4. The molecule has 0 fully saturated rings. The van der Waals surface area contributed by atoms with Crippen molar-refractivity contribution in [2.45, 2.75) is 13.5 Å². The summed E-state index contributed by atoms with van der Waals surface area (Å²) in [5, 5.41) is -0.0287. The van der Waals surface area contributed by atoms with Crippen molar-refractivity contribution in [1.29, 1.82) is 0 Å². The molecule has 0 aliphatic rings. The van der Waals surface area contributed by atoms with Crippen molar-refractivity contribution in [3.63, 3.8) is 0 Å². The highest BCUT2D eigenvalue weighted by molar-refractivity contribution is 6.31. The highest BCUT2D eigenvalue weighted by atomic mass is 35.5. The van der Waals surface area contributed by atoms with Gasteiger partial charge in [-0.3, -0.25) is 4.79 Å². The molecule has 0 atom stereocenters. The molecule has 0 aliphatic heterocycles. The van der Waals surface area contributed by atoms with Gasteiger partial charge in [0.15, 0.2) is 5.78 Å². The molecular formula is C15H11ClF2O2. The maximum atomic E-state index is 13.3. The quantitative estimate of drug-likeness (QED) is 0.782. The lowest BCUT2D eigenvalue weighted by Gasteiger charge is -2.11. The maximum absolute atomic E-state index is 13.3. The fourth-order valence-electron chi connectivity index (χ4n) is 1.72. The first-order chi connectivity index (χ1) is 9.49. The Morgan fingerprint density at radius 2 is 2.00 bits per heavy atom. The van der Waals surface area contributed by atoms with Gasteiger partial charge in [0.25, 0.3) is 0 Å². The molecule has 104 valence electrons. The summed E-state index contributed by atoms with van der Waals surface area (Å²) in [6.45, 7) is 1.30. The molecule has 20 heavy (non-hydrogen) atoms. The number of hydrogen-bond acceptors (Lipinski definition) is 2. The van der Waals surface area contributed by atoms with Crippen molar-refractivity contribution in [3.05, 3.63) is 64.2 Å². The molecule has 0 aromatic heterocycles. The van der Waals surface area contributed by atoms with Gasteiger partial charge >= 0.3 is 0 Å². The SMILES string of the molecule is CC(=O)c1cc(F)ccc1OCc1cccc(F)c1Cl. The summed E-state index contributed by atoms with van der Waals surface area (Å²) in [7, 11) is 0. The summed E-state index contributed by atoms with van der Waals surface area (Å²) in [5.74, 6) is -1.14. The van der Waals surface area contributed by atoms with Crippen LogP contribution < -0.4 is 4.74 Å². The zero-order chi connectivity index (χ0) is 14.7. The third kappa shape index (κ3) is 3.14. The summed E-state index contributed by atoms with van der Waals surface area (Å²) in [5.41, 5.74) is 0.586. The molecule has 2 rings (SSSR count). The lowest BCUT2D eigenvalue weighted by atomic mass is 10.1. The van der Waals surface area contributed by atoms with Crippen LogP contribution in [0.3, 0.4) is 0 Å². The fourth-order valence-corrected chi connectivity index (χ4v) is 1.90. The van der Waals surface area contributed by atoms with Crippen LogP contribution in [0.1, 0.15) is 22.8 Å². The smallest absolute Gasteiger partial charge is 0.163 e. The number of rotatable bonds is 4. The standard InChI is InChI=1S/C15H11ClF2O2/c1-9(19)12-7-11(17)5-6-14(12)20-8-10-3-2-4-13(18)15(10)16/h2-7H,8H2,1H3. The van der Waals surface area contributed by atoms with E-state index in [4.69, 9.17) is 16.3 Å². The number of halogens is 3. The molecule has 0 spiro atoms. The van der Waals surface area contributed by atoms with Crippen molar-refractivity contribution >= 4 is 17.4 Å². The third-order valence-electron chi connectivity index (χ3n) is 2.74. The van der Waals surface area contributed by atoms with Gasteiger partial charge in [0.2, 0.25) is 0 Å². The highest BCUT2D eigenvalue weighted by Gasteiger charge is 2.12. The van der Waals surface area contributed by atoms with Gasteiger partial charge in [0.05, 0.1) is 10.6 Å². The molecule has 0 radical (unpaired) electrons. The van der Waals surface area contributed by atoms with E-state index in [1.54, 1.807) is 6.07 Å². The van der Waals surface area contributed by atoms with Gasteiger partial charge in [-0.05, 0) is 31.2 Å². The van der Waals surface area contributed by atoms with E-state index in [0.717, 1.165) is 6.07 Å². The molecule has 0 amide bonds. The average Bonchev–Trinajstić information content (AvgIpc) is 2.41. The Morgan fingerprint density at radius 1 is 1.25 bits per heavy atom. The Kier molecular flexibility index (Phi) is 4.35. The summed E-state index contributed by atoms with van der Waals surface area (Å²) in [6.07, 6.45) is 0. The molecule has 0 saturated heterocycles. The number of hydrogen-bond donors (Lipinski definition) is 0. The number of ketones is 1. The van der Waals surface area contributed by atoms with Gasteiger partial charge in [0.1, 0.15) is 24.0 Å². The zero-order valence-corrected chi connectivity index (χ0v) is 11.4. The van der Waals surface area contributed by atoms with Gasteiger partial charge in [-0.1, -0.05) is 23.7 Å². The predicted molar refractivity (Wildman–Crippen MR) is 72.1 cm³/mol. The van der Waals surface area contributed by atoms with Gasteiger partial charge in [-0.15, -0.1) is 0 Å². The fraction of sp³-hybridized carbons (Fsp3) is 0.133. The van der Waals surface area contributed by atoms with Gasteiger partial charge in [-0.25, -0.2) is 8.78 Å². The first kappa shape index (κ1) is 14.5. The molecule has 0 unspecified atom stereocenters. The largest absolute Gasteiger partial charge is 0.488 e. The second kappa shape index (κ2) is 6.01. The Balaban J connectivity index is 2.23. The molecule has 0 heterocycles. The maximum Gasteiger partial charge on any atom is 0.163 e. The molecule has 2 aromatic rings.